The van der Waals surface area contributed by atoms with Gasteiger partial charge < -0.3 is 5.32 Å². The summed E-state index contributed by atoms with van der Waals surface area (Å²) in [5, 5.41) is 13.5. The van der Waals surface area contributed by atoms with Gasteiger partial charge in [-0.15, -0.1) is 11.8 Å². The number of carbonyl (C=O) groups is 1. The van der Waals surface area contributed by atoms with E-state index in [0.717, 1.165) is 4.90 Å². The lowest BCUT2D eigenvalue weighted by molar-refractivity contribution is -0.385. The summed E-state index contributed by atoms with van der Waals surface area (Å²) in [6, 6.07) is 4.55. The van der Waals surface area contributed by atoms with Crippen molar-refractivity contribution >= 4 is 23.4 Å². The van der Waals surface area contributed by atoms with Crippen LogP contribution in [0.1, 0.15) is 24.2 Å². The van der Waals surface area contributed by atoms with Gasteiger partial charge in [0, 0.05) is 17.0 Å². The van der Waals surface area contributed by atoms with Gasteiger partial charge in [0.15, 0.2) is 0 Å². The number of amides is 1. The highest BCUT2D eigenvalue weighted by Gasteiger charge is 2.20. The van der Waals surface area contributed by atoms with Crippen molar-refractivity contribution in [2.24, 2.45) is 0 Å². The van der Waals surface area contributed by atoms with Crippen molar-refractivity contribution < 1.29 is 9.72 Å². The van der Waals surface area contributed by atoms with E-state index in [1.807, 2.05) is 6.26 Å². The largest absolute Gasteiger partial charge is 0.350 e. The van der Waals surface area contributed by atoms with E-state index in [4.69, 9.17) is 0 Å². The molecule has 5 nitrogen and oxygen atoms in total. The molecule has 0 aliphatic rings. The second-order valence-corrected chi connectivity index (χ2v) is 4.65. The highest BCUT2D eigenvalue weighted by atomic mass is 32.2. The van der Waals surface area contributed by atoms with Crippen LogP contribution in [-0.4, -0.2) is 23.1 Å². The van der Waals surface area contributed by atoms with Crippen LogP contribution in [0.4, 0.5) is 5.69 Å². The van der Waals surface area contributed by atoms with Crippen LogP contribution >= 0.6 is 11.8 Å². The molecule has 0 bridgehead atoms. The molecule has 0 saturated heterocycles. The second kappa shape index (κ2) is 5.67. The normalized spacial score (nSPS) is 10.4. The molecule has 0 aromatic heterocycles. The first-order chi connectivity index (χ1) is 7.95. The van der Waals surface area contributed by atoms with Crippen molar-refractivity contribution in [1.29, 1.82) is 0 Å². The topological polar surface area (TPSA) is 72.2 Å². The van der Waals surface area contributed by atoms with E-state index >= 15 is 0 Å². The van der Waals surface area contributed by atoms with Crippen molar-refractivity contribution in [3.8, 4) is 0 Å². The Morgan fingerprint density at radius 2 is 2.12 bits per heavy atom. The van der Waals surface area contributed by atoms with Gasteiger partial charge in [-0.05, 0) is 32.2 Å². The molecular weight excluding hydrogens is 240 g/mol. The van der Waals surface area contributed by atoms with Gasteiger partial charge in [-0.2, -0.15) is 0 Å². The fourth-order valence-electron chi connectivity index (χ4n) is 1.32. The van der Waals surface area contributed by atoms with Gasteiger partial charge in [0.2, 0.25) is 0 Å². The minimum absolute atomic E-state index is 0.0534. The molecule has 0 aliphatic heterocycles. The van der Waals surface area contributed by atoms with Crippen molar-refractivity contribution in [2.75, 3.05) is 6.26 Å². The van der Waals surface area contributed by atoms with Crippen LogP contribution in [-0.2, 0) is 0 Å². The number of rotatable bonds is 4. The predicted molar refractivity (Wildman–Crippen MR) is 67.5 cm³/mol. The number of thioether (sulfide) groups is 1. The number of carbonyl (C=O) groups excluding carboxylic acids is 1. The first kappa shape index (κ1) is 13.5. The minimum atomic E-state index is -0.533. The van der Waals surface area contributed by atoms with E-state index in [9.17, 15) is 14.9 Å². The van der Waals surface area contributed by atoms with Crippen LogP contribution in [0.15, 0.2) is 23.1 Å². The van der Waals surface area contributed by atoms with Gasteiger partial charge in [-0.3, -0.25) is 14.9 Å². The molecule has 0 aliphatic carbocycles. The lowest BCUT2D eigenvalue weighted by atomic mass is 10.1. The van der Waals surface area contributed by atoms with Crippen molar-refractivity contribution in [3.63, 3.8) is 0 Å². The highest BCUT2D eigenvalue weighted by molar-refractivity contribution is 7.98. The number of hydrogen-bond donors (Lipinski definition) is 1. The summed E-state index contributed by atoms with van der Waals surface area (Å²) in [6.07, 6.45) is 1.83. The summed E-state index contributed by atoms with van der Waals surface area (Å²) in [6.45, 7) is 3.61. The Balaban J connectivity index is 3.14. The Morgan fingerprint density at radius 3 is 2.59 bits per heavy atom. The van der Waals surface area contributed by atoms with Gasteiger partial charge in [0.25, 0.3) is 11.6 Å². The van der Waals surface area contributed by atoms with Crippen LogP contribution in [0, 0.1) is 10.1 Å². The Kier molecular flexibility index (Phi) is 4.51. The molecule has 1 amide bonds. The fraction of sp³-hybridized carbons (Fsp3) is 0.364. The number of nitrogens with zero attached hydrogens (tertiary/aromatic N) is 1. The van der Waals surface area contributed by atoms with Gasteiger partial charge in [0.1, 0.15) is 5.56 Å². The van der Waals surface area contributed by atoms with Crippen molar-refractivity contribution in [1.82, 2.24) is 5.32 Å². The monoisotopic (exact) mass is 254 g/mol. The molecule has 1 aromatic rings. The lowest BCUT2D eigenvalue weighted by Crippen LogP contribution is -2.30. The Labute approximate surface area is 104 Å². The van der Waals surface area contributed by atoms with E-state index in [1.165, 1.54) is 23.9 Å². The first-order valence-electron chi connectivity index (χ1n) is 5.09. The van der Waals surface area contributed by atoms with Gasteiger partial charge >= 0.3 is 0 Å². The summed E-state index contributed by atoms with van der Waals surface area (Å²) < 4.78 is 0. The molecule has 1 N–H and O–H groups in total. The molecule has 1 rings (SSSR count). The number of benzene rings is 1. The van der Waals surface area contributed by atoms with E-state index in [-0.39, 0.29) is 17.3 Å². The average Bonchev–Trinajstić information content (AvgIpc) is 2.27. The molecule has 1 aromatic carbocycles. The molecule has 17 heavy (non-hydrogen) atoms. The van der Waals surface area contributed by atoms with E-state index in [1.54, 1.807) is 19.9 Å². The standard InChI is InChI=1S/C11H14N2O3S/c1-7(2)12-11(14)9-5-4-8(17-3)6-10(9)13(15)16/h4-7H,1-3H3,(H,12,14). The van der Waals surface area contributed by atoms with Crippen molar-refractivity contribution in [3.05, 3.63) is 33.9 Å². The van der Waals surface area contributed by atoms with Gasteiger partial charge in [-0.1, -0.05) is 0 Å². The Morgan fingerprint density at radius 1 is 1.47 bits per heavy atom. The quantitative estimate of drug-likeness (QED) is 0.509. The number of nitrogens with one attached hydrogen (secondary N) is 1. The maximum atomic E-state index is 11.8. The summed E-state index contributed by atoms with van der Waals surface area (Å²) in [5.41, 5.74) is -0.0588. The zero-order valence-corrected chi connectivity index (χ0v) is 10.7. The number of hydrogen-bond acceptors (Lipinski definition) is 4. The lowest BCUT2D eigenvalue weighted by Gasteiger charge is -2.09. The summed E-state index contributed by atoms with van der Waals surface area (Å²) in [7, 11) is 0. The zero-order chi connectivity index (χ0) is 13.0. The third-order valence-electron chi connectivity index (χ3n) is 2.07. The molecule has 92 valence electrons. The third-order valence-corrected chi connectivity index (χ3v) is 2.79. The SMILES string of the molecule is CSc1ccc(C(=O)NC(C)C)c([N+](=O)[O-])c1. The Bertz CT molecular complexity index is 446. The highest BCUT2D eigenvalue weighted by Crippen LogP contribution is 2.25. The van der Waals surface area contributed by atoms with Crippen molar-refractivity contribution in [2.45, 2.75) is 24.8 Å². The molecule has 0 radical (unpaired) electrons. The molecule has 0 heterocycles. The average molecular weight is 254 g/mol. The summed E-state index contributed by atoms with van der Waals surface area (Å²) in [4.78, 5) is 22.9. The molecular formula is C11H14N2O3S. The number of nitro groups is 1. The molecule has 0 unspecified atom stereocenters. The predicted octanol–water partition coefficient (Wildman–Crippen LogP) is 2.45. The van der Waals surface area contributed by atoms with Gasteiger partial charge in [0.05, 0.1) is 4.92 Å². The van der Waals surface area contributed by atoms with Crippen LogP contribution in [0.2, 0.25) is 0 Å². The van der Waals surface area contributed by atoms with Crippen LogP contribution in [0.5, 0.6) is 0 Å². The molecule has 0 fully saturated rings. The van der Waals surface area contributed by atoms with E-state index in [0.29, 0.717) is 0 Å². The van der Waals surface area contributed by atoms with Gasteiger partial charge in [-0.25, -0.2) is 0 Å². The van der Waals surface area contributed by atoms with E-state index < -0.39 is 10.8 Å². The first-order valence-corrected chi connectivity index (χ1v) is 6.31. The molecule has 0 saturated carbocycles. The molecule has 6 heteroatoms. The smallest absolute Gasteiger partial charge is 0.283 e. The zero-order valence-electron chi connectivity index (χ0n) is 9.89. The number of nitro benzene ring substituents is 1. The molecule has 0 atom stereocenters. The van der Waals surface area contributed by atoms with Crippen LogP contribution in [0.3, 0.4) is 0 Å². The molecule has 0 spiro atoms. The minimum Gasteiger partial charge on any atom is -0.350 e. The second-order valence-electron chi connectivity index (χ2n) is 3.77. The van der Waals surface area contributed by atoms with Crippen LogP contribution < -0.4 is 5.32 Å². The third kappa shape index (κ3) is 3.45. The Hall–Kier alpha value is -1.56. The van der Waals surface area contributed by atoms with Crippen LogP contribution in [0.25, 0.3) is 0 Å². The maximum Gasteiger partial charge on any atom is 0.283 e. The summed E-state index contributed by atoms with van der Waals surface area (Å²) in [5.74, 6) is -0.417. The van der Waals surface area contributed by atoms with E-state index in [2.05, 4.69) is 5.32 Å². The summed E-state index contributed by atoms with van der Waals surface area (Å²) >= 11 is 1.40. The maximum absolute atomic E-state index is 11.8. The fourth-order valence-corrected chi connectivity index (χ4v) is 1.76.